The van der Waals surface area contributed by atoms with E-state index >= 15 is 0 Å². The molecule has 0 fully saturated rings. The molecular formula is C11H12N6O4. The van der Waals surface area contributed by atoms with Crippen LogP contribution in [0.3, 0.4) is 0 Å². The van der Waals surface area contributed by atoms with Crippen LogP contribution < -0.4 is 20.7 Å². The van der Waals surface area contributed by atoms with Crippen molar-refractivity contribution in [2.75, 3.05) is 12.5 Å². The van der Waals surface area contributed by atoms with Gasteiger partial charge in [0, 0.05) is 5.56 Å². The van der Waals surface area contributed by atoms with Crippen molar-refractivity contribution in [3.63, 3.8) is 0 Å². The molecule has 0 aliphatic rings. The smallest absolute Gasteiger partial charge is 0.330 e. The van der Waals surface area contributed by atoms with Crippen LogP contribution in [0.15, 0.2) is 18.2 Å². The summed E-state index contributed by atoms with van der Waals surface area (Å²) in [6.45, 7) is 1.60. The molecule has 0 saturated carbocycles. The maximum absolute atomic E-state index is 11.1. The second-order valence-electron chi connectivity index (χ2n) is 3.85. The number of anilines is 1. The maximum Gasteiger partial charge on any atom is 0.330 e. The Kier molecular flexibility index (Phi) is 4.09. The molecule has 10 nitrogen and oxygen atoms in total. The van der Waals surface area contributed by atoms with Crippen molar-refractivity contribution in [1.29, 1.82) is 0 Å². The molecule has 0 radical (unpaired) electrons. The van der Waals surface area contributed by atoms with Gasteiger partial charge in [0.2, 0.25) is 11.7 Å². The molecule has 2 aromatic rings. The molecule has 0 atom stereocenters. The Hall–Kier alpha value is -3.01. The fourth-order valence-corrected chi connectivity index (χ4v) is 1.59. The first-order valence-corrected chi connectivity index (χ1v) is 5.73. The molecule has 0 unspecified atom stereocenters. The summed E-state index contributed by atoms with van der Waals surface area (Å²) in [6, 6.07) is 4.45. The zero-order valence-electron chi connectivity index (χ0n) is 11.2. The lowest BCUT2D eigenvalue weighted by molar-refractivity contribution is -0.386. The molecule has 3 N–H and O–H groups in total. The number of methoxy groups -OCH3 is 1. The topological polar surface area (TPSA) is 138 Å². The lowest BCUT2D eigenvalue weighted by Gasteiger charge is -2.08. The van der Waals surface area contributed by atoms with Crippen molar-refractivity contribution >= 4 is 11.6 Å². The highest BCUT2D eigenvalue weighted by Gasteiger charge is 2.20. The van der Waals surface area contributed by atoms with Gasteiger partial charge in [-0.05, 0) is 13.0 Å². The number of hydrogen-bond donors (Lipinski definition) is 2. The number of para-hydroxylation sites is 1. The first-order chi connectivity index (χ1) is 10.0. The van der Waals surface area contributed by atoms with E-state index in [1.807, 2.05) is 0 Å². The summed E-state index contributed by atoms with van der Waals surface area (Å²) in [6.07, 6.45) is 0. The predicted octanol–water partition coefficient (Wildman–Crippen LogP) is 1.17. The van der Waals surface area contributed by atoms with E-state index in [0.717, 1.165) is 0 Å². The Morgan fingerprint density at radius 3 is 2.62 bits per heavy atom. The number of nitro benzene ring substituents is 1. The summed E-state index contributed by atoms with van der Waals surface area (Å²) in [7, 11) is 1.36. The van der Waals surface area contributed by atoms with Gasteiger partial charge in [-0.3, -0.25) is 15.5 Å². The molecule has 1 aromatic carbocycles. The van der Waals surface area contributed by atoms with Crippen LogP contribution in [-0.2, 0) is 0 Å². The average molecular weight is 292 g/mol. The summed E-state index contributed by atoms with van der Waals surface area (Å²) in [5, 5.41) is 11.1. The van der Waals surface area contributed by atoms with Gasteiger partial charge < -0.3 is 9.47 Å². The van der Waals surface area contributed by atoms with Crippen molar-refractivity contribution in [3.05, 3.63) is 33.9 Å². The number of benzene rings is 1. The maximum atomic E-state index is 11.1. The highest BCUT2D eigenvalue weighted by molar-refractivity contribution is 5.53. The molecule has 0 saturated heterocycles. The fourth-order valence-electron chi connectivity index (χ4n) is 1.59. The number of nitrogen functional groups attached to an aromatic ring is 1. The Morgan fingerprint density at radius 1 is 1.29 bits per heavy atom. The number of rotatable bonds is 5. The van der Waals surface area contributed by atoms with Gasteiger partial charge in [-0.25, -0.2) is 5.84 Å². The lowest BCUT2D eigenvalue weighted by atomic mass is 10.2. The van der Waals surface area contributed by atoms with Gasteiger partial charge in [-0.15, -0.1) is 4.98 Å². The van der Waals surface area contributed by atoms with Gasteiger partial charge in [0.1, 0.15) is 0 Å². The molecule has 110 valence electrons. The van der Waals surface area contributed by atoms with Crippen molar-refractivity contribution in [1.82, 2.24) is 15.0 Å². The molecule has 1 aromatic heterocycles. The third-order valence-corrected chi connectivity index (χ3v) is 2.49. The highest BCUT2D eigenvalue weighted by atomic mass is 16.6. The largest absolute Gasteiger partial charge is 0.467 e. The zero-order valence-corrected chi connectivity index (χ0v) is 11.2. The van der Waals surface area contributed by atoms with Crippen molar-refractivity contribution in [2.24, 2.45) is 5.84 Å². The van der Waals surface area contributed by atoms with Crippen LogP contribution in [0.5, 0.6) is 17.8 Å². The lowest BCUT2D eigenvalue weighted by Crippen LogP contribution is -2.12. The number of aromatic nitrogens is 3. The molecule has 2 rings (SSSR count). The number of hydrogen-bond acceptors (Lipinski definition) is 9. The van der Waals surface area contributed by atoms with Crippen molar-refractivity contribution < 1.29 is 14.4 Å². The number of hydrazine groups is 1. The summed E-state index contributed by atoms with van der Waals surface area (Å²) >= 11 is 0. The van der Waals surface area contributed by atoms with E-state index in [1.54, 1.807) is 19.1 Å². The van der Waals surface area contributed by atoms with Gasteiger partial charge in [-0.2, -0.15) is 9.97 Å². The molecule has 0 bridgehead atoms. The number of aryl methyl sites for hydroxylation is 1. The SMILES string of the molecule is COc1nc(NN)nc(Oc2cccc(C)c2[N+](=O)[O-])n1. The average Bonchev–Trinajstić information content (AvgIpc) is 2.46. The summed E-state index contributed by atoms with van der Waals surface area (Å²) in [5.41, 5.74) is 2.51. The Balaban J connectivity index is 2.43. The number of nitrogens with zero attached hydrogens (tertiary/aromatic N) is 4. The van der Waals surface area contributed by atoms with Gasteiger partial charge >= 0.3 is 17.7 Å². The van der Waals surface area contributed by atoms with Gasteiger partial charge in [0.15, 0.2) is 0 Å². The summed E-state index contributed by atoms with van der Waals surface area (Å²) in [5.74, 6) is 5.23. The monoisotopic (exact) mass is 292 g/mol. The minimum absolute atomic E-state index is 0.00663. The number of nitrogens with two attached hydrogens (primary N) is 1. The highest BCUT2D eigenvalue weighted by Crippen LogP contribution is 2.33. The normalized spacial score (nSPS) is 10.0. The molecule has 0 aliphatic carbocycles. The molecule has 10 heteroatoms. The van der Waals surface area contributed by atoms with Gasteiger partial charge in [0.05, 0.1) is 12.0 Å². The Bertz CT molecular complexity index is 656. The first kappa shape index (κ1) is 14.4. The van der Waals surface area contributed by atoms with E-state index in [2.05, 4.69) is 20.4 Å². The van der Waals surface area contributed by atoms with Crippen LogP contribution in [0.1, 0.15) is 5.56 Å². The molecule has 0 amide bonds. The van der Waals surface area contributed by atoms with Crippen LogP contribution in [0, 0.1) is 17.0 Å². The molecular weight excluding hydrogens is 280 g/mol. The molecule has 0 spiro atoms. The third kappa shape index (κ3) is 3.12. The van der Waals surface area contributed by atoms with E-state index in [9.17, 15) is 10.1 Å². The van der Waals surface area contributed by atoms with E-state index in [0.29, 0.717) is 5.56 Å². The minimum atomic E-state index is -0.537. The molecule has 1 heterocycles. The fraction of sp³-hybridized carbons (Fsp3) is 0.182. The number of ether oxygens (including phenoxy) is 2. The number of nitrogens with one attached hydrogen (secondary N) is 1. The van der Waals surface area contributed by atoms with E-state index < -0.39 is 4.92 Å². The van der Waals surface area contributed by atoms with E-state index in [1.165, 1.54) is 13.2 Å². The van der Waals surface area contributed by atoms with Gasteiger partial charge in [-0.1, -0.05) is 12.1 Å². The Morgan fingerprint density at radius 2 is 2.00 bits per heavy atom. The van der Waals surface area contributed by atoms with E-state index in [4.69, 9.17) is 15.3 Å². The number of nitro groups is 1. The van der Waals surface area contributed by atoms with Crippen LogP contribution in [0.4, 0.5) is 11.6 Å². The predicted molar refractivity (Wildman–Crippen MR) is 72.1 cm³/mol. The van der Waals surface area contributed by atoms with Crippen molar-refractivity contribution in [3.8, 4) is 17.8 Å². The van der Waals surface area contributed by atoms with Crippen molar-refractivity contribution in [2.45, 2.75) is 6.92 Å². The third-order valence-electron chi connectivity index (χ3n) is 2.49. The first-order valence-electron chi connectivity index (χ1n) is 5.73. The van der Waals surface area contributed by atoms with Crippen LogP contribution in [0.25, 0.3) is 0 Å². The summed E-state index contributed by atoms with van der Waals surface area (Å²) < 4.78 is 10.2. The zero-order chi connectivity index (χ0) is 15.4. The van der Waals surface area contributed by atoms with Crippen LogP contribution >= 0.6 is 0 Å². The van der Waals surface area contributed by atoms with Crippen LogP contribution in [0.2, 0.25) is 0 Å². The Labute approximate surface area is 119 Å². The second kappa shape index (κ2) is 5.96. The quantitative estimate of drug-likeness (QED) is 0.472. The van der Waals surface area contributed by atoms with Gasteiger partial charge in [0.25, 0.3) is 0 Å². The van der Waals surface area contributed by atoms with Crippen LogP contribution in [-0.4, -0.2) is 27.0 Å². The minimum Gasteiger partial charge on any atom is -0.467 e. The molecule has 21 heavy (non-hydrogen) atoms. The second-order valence-corrected chi connectivity index (χ2v) is 3.85. The standard InChI is InChI=1S/C11H12N6O4/c1-6-4-3-5-7(8(6)17(18)19)21-11-14-9(16-12)13-10(15-11)20-2/h3-5H,12H2,1-2H3,(H,13,14,15,16). The van der Waals surface area contributed by atoms with E-state index in [-0.39, 0.29) is 29.4 Å². The molecule has 0 aliphatic heterocycles. The summed E-state index contributed by atoms with van der Waals surface area (Å²) in [4.78, 5) is 22.0.